The van der Waals surface area contributed by atoms with Crippen LogP contribution in [-0.2, 0) is 11.3 Å². The molecule has 0 bridgehead atoms. The van der Waals surface area contributed by atoms with E-state index in [-0.39, 0.29) is 0 Å². The summed E-state index contributed by atoms with van der Waals surface area (Å²) in [7, 11) is 1.72. The average Bonchev–Trinajstić information content (AvgIpc) is 2.28. The van der Waals surface area contributed by atoms with Crippen molar-refractivity contribution in [3.05, 3.63) is 23.4 Å². The summed E-state index contributed by atoms with van der Waals surface area (Å²) in [6, 6.07) is 4.48. The van der Waals surface area contributed by atoms with Crippen molar-refractivity contribution in [2.45, 2.75) is 33.4 Å². The minimum atomic E-state index is 0.394. The van der Waals surface area contributed by atoms with Crippen molar-refractivity contribution in [1.82, 2.24) is 4.98 Å². The SMILES string of the molecule is COCCN(c1cc(CN)cc(C)n1)C(C)C. The summed E-state index contributed by atoms with van der Waals surface area (Å²) in [5, 5.41) is 0. The Kier molecular flexibility index (Phi) is 5.38. The van der Waals surface area contributed by atoms with Crippen molar-refractivity contribution in [2.75, 3.05) is 25.2 Å². The number of pyridine rings is 1. The lowest BCUT2D eigenvalue weighted by atomic mass is 10.2. The van der Waals surface area contributed by atoms with Gasteiger partial charge in [-0.3, -0.25) is 0 Å². The molecule has 0 fully saturated rings. The van der Waals surface area contributed by atoms with Gasteiger partial charge in [-0.05, 0) is 38.5 Å². The molecule has 0 spiro atoms. The van der Waals surface area contributed by atoms with E-state index in [1.165, 1.54) is 0 Å². The van der Waals surface area contributed by atoms with Crippen molar-refractivity contribution in [2.24, 2.45) is 5.73 Å². The molecule has 1 aromatic rings. The number of hydrogen-bond donors (Lipinski definition) is 1. The van der Waals surface area contributed by atoms with E-state index in [1.54, 1.807) is 7.11 Å². The number of nitrogens with two attached hydrogens (primary N) is 1. The van der Waals surface area contributed by atoms with E-state index >= 15 is 0 Å². The van der Waals surface area contributed by atoms with E-state index in [4.69, 9.17) is 10.5 Å². The molecule has 4 nitrogen and oxygen atoms in total. The molecule has 0 radical (unpaired) electrons. The number of aromatic nitrogens is 1. The highest BCUT2D eigenvalue weighted by Gasteiger charge is 2.12. The van der Waals surface area contributed by atoms with Crippen molar-refractivity contribution in [3.8, 4) is 0 Å². The standard InChI is InChI=1S/C13H23N3O/c1-10(2)16(5-6-17-4)13-8-12(9-14)7-11(3)15-13/h7-8,10H,5-6,9,14H2,1-4H3. The molecule has 0 atom stereocenters. The lowest BCUT2D eigenvalue weighted by Gasteiger charge is -2.28. The summed E-state index contributed by atoms with van der Waals surface area (Å²) in [6.45, 7) is 8.40. The van der Waals surface area contributed by atoms with Gasteiger partial charge in [-0.1, -0.05) is 0 Å². The minimum absolute atomic E-state index is 0.394. The van der Waals surface area contributed by atoms with Crippen LogP contribution in [0.1, 0.15) is 25.1 Å². The van der Waals surface area contributed by atoms with Gasteiger partial charge in [0.2, 0.25) is 0 Å². The number of aryl methyl sites for hydroxylation is 1. The molecule has 0 amide bonds. The first-order valence-corrected chi connectivity index (χ1v) is 6.01. The average molecular weight is 237 g/mol. The molecule has 2 N–H and O–H groups in total. The number of anilines is 1. The van der Waals surface area contributed by atoms with Gasteiger partial charge in [-0.15, -0.1) is 0 Å². The van der Waals surface area contributed by atoms with Crippen LogP contribution < -0.4 is 10.6 Å². The van der Waals surface area contributed by atoms with E-state index in [0.29, 0.717) is 19.2 Å². The molecule has 0 aliphatic carbocycles. The molecule has 0 saturated heterocycles. The molecular formula is C13H23N3O. The van der Waals surface area contributed by atoms with Crippen molar-refractivity contribution >= 4 is 5.82 Å². The van der Waals surface area contributed by atoms with Gasteiger partial charge < -0.3 is 15.4 Å². The summed E-state index contributed by atoms with van der Waals surface area (Å²) in [6.07, 6.45) is 0. The fourth-order valence-electron chi connectivity index (χ4n) is 1.81. The van der Waals surface area contributed by atoms with Gasteiger partial charge in [0.15, 0.2) is 0 Å². The van der Waals surface area contributed by atoms with Gasteiger partial charge >= 0.3 is 0 Å². The van der Waals surface area contributed by atoms with Crippen LogP contribution in [0, 0.1) is 6.92 Å². The molecule has 17 heavy (non-hydrogen) atoms. The monoisotopic (exact) mass is 237 g/mol. The molecule has 0 saturated carbocycles. The van der Waals surface area contributed by atoms with Crippen LogP contribution in [0.5, 0.6) is 0 Å². The molecule has 1 rings (SSSR count). The van der Waals surface area contributed by atoms with Gasteiger partial charge in [0.1, 0.15) is 5.82 Å². The predicted molar refractivity (Wildman–Crippen MR) is 71.2 cm³/mol. The molecule has 96 valence electrons. The van der Waals surface area contributed by atoms with Crippen LogP contribution in [0.25, 0.3) is 0 Å². The Bertz CT molecular complexity index is 353. The summed E-state index contributed by atoms with van der Waals surface area (Å²) < 4.78 is 5.14. The predicted octanol–water partition coefficient (Wildman–Crippen LogP) is 1.71. The largest absolute Gasteiger partial charge is 0.383 e. The van der Waals surface area contributed by atoms with Gasteiger partial charge in [0.25, 0.3) is 0 Å². The van der Waals surface area contributed by atoms with Gasteiger partial charge in [-0.2, -0.15) is 0 Å². The Morgan fingerprint density at radius 3 is 2.65 bits per heavy atom. The topological polar surface area (TPSA) is 51.4 Å². The van der Waals surface area contributed by atoms with E-state index < -0.39 is 0 Å². The molecule has 0 aliphatic rings. The van der Waals surface area contributed by atoms with Crippen LogP contribution >= 0.6 is 0 Å². The fraction of sp³-hybridized carbons (Fsp3) is 0.615. The summed E-state index contributed by atoms with van der Waals surface area (Å²) in [5.74, 6) is 0.984. The van der Waals surface area contributed by atoms with Crippen LogP contribution in [0.15, 0.2) is 12.1 Å². The normalized spacial score (nSPS) is 10.9. The maximum Gasteiger partial charge on any atom is 0.129 e. The second-order valence-electron chi connectivity index (χ2n) is 4.46. The van der Waals surface area contributed by atoms with Crippen molar-refractivity contribution < 1.29 is 4.74 Å². The summed E-state index contributed by atoms with van der Waals surface area (Å²) >= 11 is 0. The Hall–Kier alpha value is -1.13. The highest BCUT2D eigenvalue weighted by Crippen LogP contribution is 2.17. The number of hydrogen-bond acceptors (Lipinski definition) is 4. The van der Waals surface area contributed by atoms with E-state index in [1.807, 2.05) is 13.0 Å². The minimum Gasteiger partial charge on any atom is -0.383 e. The first-order valence-electron chi connectivity index (χ1n) is 6.01. The maximum atomic E-state index is 5.69. The zero-order chi connectivity index (χ0) is 12.8. The fourth-order valence-corrected chi connectivity index (χ4v) is 1.81. The molecule has 4 heteroatoms. The van der Waals surface area contributed by atoms with Crippen LogP contribution in [0.3, 0.4) is 0 Å². The first kappa shape index (κ1) is 13.9. The molecule has 0 aromatic carbocycles. The molecule has 0 unspecified atom stereocenters. The number of ether oxygens (including phenoxy) is 1. The van der Waals surface area contributed by atoms with Gasteiger partial charge in [0, 0.05) is 31.9 Å². The number of nitrogens with zero attached hydrogens (tertiary/aromatic N) is 2. The third-order valence-electron chi connectivity index (χ3n) is 2.69. The lowest BCUT2D eigenvalue weighted by Crippen LogP contribution is -2.34. The third kappa shape index (κ3) is 3.98. The van der Waals surface area contributed by atoms with Crippen LogP contribution in [0.4, 0.5) is 5.82 Å². The highest BCUT2D eigenvalue weighted by molar-refractivity contribution is 5.43. The highest BCUT2D eigenvalue weighted by atomic mass is 16.5. The van der Waals surface area contributed by atoms with Crippen molar-refractivity contribution in [1.29, 1.82) is 0 Å². The van der Waals surface area contributed by atoms with E-state index in [0.717, 1.165) is 23.6 Å². The zero-order valence-electron chi connectivity index (χ0n) is 11.2. The van der Waals surface area contributed by atoms with Gasteiger partial charge in [-0.25, -0.2) is 4.98 Å². The summed E-state index contributed by atoms with van der Waals surface area (Å²) in [5.41, 5.74) is 7.82. The molecule has 0 aliphatic heterocycles. The molecule has 1 heterocycles. The molecular weight excluding hydrogens is 214 g/mol. The van der Waals surface area contributed by atoms with Crippen LogP contribution in [-0.4, -0.2) is 31.3 Å². The third-order valence-corrected chi connectivity index (χ3v) is 2.69. The second-order valence-corrected chi connectivity index (χ2v) is 4.46. The van der Waals surface area contributed by atoms with E-state index in [9.17, 15) is 0 Å². The smallest absolute Gasteiger partial charge is 0.129 e. The quantitative estimate of drug-likeness (QED) is 0.818. The Labute approximate surface area is 104 Å². The summed E-state index contributed by atoms with van der Waals surface area (Å²) in [4.78, 5) is 6.80. The number of rotatable bonds is 6. The zero-order valence-corrected chi connectivity index (χ0v) is 11.2. The maximum absolute atomic E-state index is 5.69. The lowest BCUT2D eigenvalue weighted by molar-refractivity contribution is 0.203. The van der Waals surface area contributed by atoms with Crippen molar-refractivity contribution in [3.63, 3.8) is 0 Å². The first-order chi connectivity index (χ1) is 8.08. The Morgan fingerprint density at radius 1 is 1.41 bits per heavy atom. The Balaban J connectivity index is 2.96. The van der Waals surface area contributed by atoms with Crippen LogP contribution in [0.2, 0.25) is 0 Å². The molecule has 1 aromatic heterocycles. The Morgan fingerprint density at radius 2 is 2.12 bits per heavy atom. The number of methoxy groups -OCH3 is 1. The second kappa shape index (κ2) is 6.57. The van der Waals surface area contributed by atoms with E-state index in [2.05, 4.69) is 29.8 Å². The van der Waals surface area contributed by atoms with Gasteiger partial charge in [0.05, 0.1) is 6.61 Å².